The summed E-state index contributed by atoms with van der Waals surface area (Å²) >= 11 is 0. The molecule has 18 heavy (non-hydrogen) atoms. The molecule has 0 spiro atoms. The Balaban J connectivity index is 1.79. The van der Waals surface area contributed by atoms with Gasteiger partial charge in [-0.15, -0.1) is 0 Å². The molecule has 5 nitrogen and oxygen atoms in total. The Morgan fingerprint density at radius 2 is 2.39 bits per heavy atom. The Morgan fingerprint density at radius 1 is 1.56 bits per heavy atom. The summed E-state index contributed by atoms with van der Waals surface area (Å²) in [6.07, 6.45) is 2.09. The number of hydrogen-bond donors (Lipinski definition) is 1. The average molecular weight is 252 g/mol. The fraction of sp³-hybridized carbons (Fsp3) is 0.846. The van der Waals surface area contributed by atoms with Crippen LogP contribution in [0.2, 0.25) is 0 Å². The van der Waals surface area contributed by atoms with E-state index in [0.717, 1.165) is 50.2 Å². The molecule has 1 N–H and O–H groups in total. The standard InChI is InChI=1S/C13H24N4O/c1-4-10(2)12-9-17(8-6-14-12)7-5-13-15-11(3)16-18-13/h10,12,14H,4-9H2,1-3H3. The maximum Gasteiger partial charge on any atom is 0.227 e. The summed E-state index contributed by atoms with van der Waals surface area (Å²) in [5.74, 6) is 2.22. The molecule has 1 aliphatic rings. The van der Waals surface area contributed by atoms with Gasteiger partial charge in [0, 0.05) is 38.6 Å². The van der Waals surface area contributed by atoms with E-state index >= 15 is 0 Å². The number of nitrogens with one attached hydrogen (secondary N) is 1. The highest BCUT2D eigenvalue weighted by atomic mass is 16.5. The molecule has 5 heteroatoms. The number of nitrogens with zero attached hydrogens (tertiary/aromatic N) is 3. The average Bonchev–Trinajstić information content (AvgIpc) is 2.81. The van der Waals surface area contributed by atoms with Crippen molar-refractivity contribution in [2.24, 2.45) is 5.92 Å². The lowest BCUT2D eigenvalue weighted by Crippen LogP contribution is -2.53. The SMILES string of the molecule is CCC(C)C1CN(CCc2nc(C)no2)CCN1. The summed E-state index contributed by atoms with van der Waals surface area (Å²) in [5, 5.41) is 7.43. The van der Waals surface area contributed by atoms with E-state index in [0.29, 0.717) is 6.04 Å². The quantitative estimate of drug-likeness (QED) is 0.854. The summed E-state index contributed by atoms with van der Waals surface area (Å²) in [5.41, 5.74) is 0. The molecule has 1 saturated heterocycles. The highest BCUT2D eigenvalue weighted by Crippen LogP contribution is 2.12. The predicted molar refractivity (Wildman–Crippen MR) is 70.4 cm³/mol. The lowest BCUT2D eigenvalue weighted by Gasteiger charge is -2.36. The second kappa shape index (κ2) is 6.29. The molecule has 102 valence electrons. The number of aromatic nitrogens is 2. The largest absolute Gasteiger partial charge is 0.339 e. The zero-order valence-electron chi connectivity index (χ0n) is 11.6. The summed E-state index contributed by atoms with van der Waals surface area (Å²) in [6, 6.07) is 0.619. The van der Waals surface area contributed by atoms with Crippen molar-refractivity contribution in [2.45, 2.75) is 39.7 Å². The Labute approximate surface area is 109 Å². The first kappa shape index (κ1) is 13.5. The zero-order valence-corrected chi connectivity index (χ0v) is 11.6. The molecule has 2 heterocycles. The van der Waals surface area contributed by atoms with E-state index in [4.69, 9.17) is 4.52 Å². The molecule has 0 bridgehead atoms. The van der Waals surface area contributed by atoms with Crippen molar-refractivity contribution in [3.05, 3.63) is 11.7 Å². The topological polar surface area (TPSA) is 54.2 Å². The Morgan fingerprint density at radius 3 is 3.06 bits per heavy atom. The molecule has 2 atom stereocenters. The van der Waals surface area contributed by atoms with Crippen LogP contribution in [0.3, 0.4) is 0 Å². The van der Waals surface area contributed by atoms with Crippen molar-refractivity contribution in [1.29, 1.82) is 0 Å². The zero-order chi connectivity index (χ0) is 13.0. The van der Waals surface area contributed by atoms with Crippen LogP contribution < -0.4 is 5.32 Å². The molecule has 0 aliphatic carbocycles. The van der Waals surface area contributed by atoms with Gasteiger partial charge in [0.25, 0.3) is 0 Å². The predicted octanol–water partition coefficient (Wildman–Crippen LogP) is 1.24. The lowest BCUT2D eigenvalue weighted by atomic mass is 9.97. The normalized spacial score (nSPS) is 23.2. The van der Waals surface area contributed by atoms with E-state index in [1.807, 2.05) is 6.92 Å². The fourth-order valence-corrected chi connectivity index (χ4v) is 2.41. The molecular formula is C13H24N4O. The molecular weight excluding hydrogens is 228 g/mol. The number of piperazine rings is 1. The molecule has 0 radical (unpaired) electrons. The van der Waals surface area contributed by atoms with Crippen LogP contribution in [0.25, 0.3) is 0 Å². The Kier molecular flexibility index (Phi) is 4.72. The number of rotatable bonds is 5. The monoisotopic (exact) mass is 252 g/mol. The molecule has 2 rings (SSSR count). The van der Waals surface area contributed by atoms with Crippen LogP contribution in [0.5, 0.6) is 0 Å². The highest BCUT2D eigenvalue weighted by Gasteiger charge is 2.23. The lowest BCUT2D eigenvalue weighted by molar-refractivity contribution is 0.166. The van der Waals surface area contributed by atoms with E-state index in [1.165, 1.54) is 6.42 Å². The molecule has 0 saturated carbocycles. The Hall–Kier alpha value is -0.940. The molecule has 1 aromatic rings. The van der Waals surface area contributed by atoms with Gasteiger partial charge in [0.2, 0.25) is 5.89 Å². The van der Waals surface area contributed by atoms with Gasteiger partial charge in [-0.2, -0.15) is 4.98 Å². The summed E-state index contributed by atoms with van der Waals surface area (Å²) < 4.78 is 5.15. The van der Waals surface area contributed by atoms with E-state index in [2.05, 4.69) is 34.2 Å². The second-order valence-corrected chi connectivity index (χ2v) is 5.23. The summed E-state index contributed by atoms with van der Waals surface area (Å²) in [6.45, 7) is 10.8. The van der Waals surface area contributed by atoms with Crippen molar-refractivity contribution in [1.82, 2.24) is 20.4 Å². The van der Waals surface area contributed by atoms with Crippen LogP contribution in [0.15, 0.2) is 4.52 Å². The minimum Gasteiger partial charge on any atom is -0.339 e. The first-order valence-electron chi connectivity index (χ1n) is 6.94. The molecule has 0 aromatic carbocycles. The van der Waals surface area contributed by atoms with Crippen molar-refractivity contribution in [3.8, 4) is 0 Å². The fourth-order valence-electron chi connectivity index (χ4n) is 2.41. The molecule has 1 fully saturated rings. The van der Waals surface area contributed by atoms with Gasteiger partial charge < -0.3 is 14.7 Å². The highest BCUT2D eigenvalue weighted by molar-refractivity contribution is 4.86. The minimum absolute atomic E-state index is 0.619. The van der Waals surface area contributed by atoms with E-state index in [1.54, 1.807) is 0 Å². The van der Waals surface area contributed by atoms with Crippen LogP contribution in [0, 0.1) is 12.8 Å². The van der Waals surface area contributed by atoms with Gasteiger partial charge in [-0.3, -0.25) is 0 Å². The number of hydrogen-bond acceptors (Lipinski definition) is 5. The van der Waals surface area contributed by atoms with Crippen LogP contribution in [0.1, 0.15) is 32.0 Å². The number of aryl methyl sites for hydroxylation is 1. The van der Waals surface area contributed by atoms with E-state index < -0.39 is 0 Å². The van der Waals surface area contributed by atoms with Gasteiger partial charge in [-0.1, -0.05) is 25.4 Å². The van der Waals surface area contributed by atoms with Crippen molar-refractivity contribution < 1.29 is 4.52 Å². The van der Waals surface area contributed by atoms with Crippen LogP contribution in [-0.2, 0) is 6.42 Å². The summed E-state index contributed by atoms with van der Waals surface area (Å²) in [4.78, 5) is 6.74. The first-order valence-corrected chi connectivity index (χ1v) is 6.94. The summed E-state index contributed by atoms with van der Waals surface area (Å²) in [7, 11) is 0. The van der Waals surface area contributed by atoms with Crippen LogP contribution in [-0.4, -0.2) is 47.3 Å². The first-order chi connectivity index (χ1) is 8.69. The van der Waals surface area contributed by atoms with Crippen molar-refractivity contribution >= 4 is 0 Å². The maximum absolute atomic E-state index is 5.15. The van der Waals surface area contributed by atoms with E-state index in [-0.39, 0.29) is 0 Å². The van der Waals surface area contributed by atoms with Crippen molar-refractivity contribution in [2.75, 3.05) is 26.2 Å². The van der Waals surface area contributed by atoms with Crippen LogP contribution in [0.4, 0.5) is 0 Å². The molecule has 0 amide bonds. The Bertz CT molecular complexity index is 366. The second-order valence-electron chi connectivity index (χ2n) is 5.23. The van der Waals surface area contributed by atoms with Crippen LogP contribution >= 0.6 is 0 Å². The molecule has 1 aliphatic heterocycles. The maximum atomic E-state index is 5.15. The van der Waals surface area contributed by atoms with Gasteiger partial charge >= 0.3 is 0 Å². The van der Waals surface area contributed by atoms with Gasteiger partial charge in [-0.25, -0.2) is 0 Å². The third-order valence-electron chi connectivity index (χ3n) is 3.83. The smallest absolute Gasteiger partial charge is 0.227 e. The van der Waals surface area contributed by atoms with Gasteiger partial charge in [0.1, 0.15) is 0 Å². The molecule has 1 aromatic heterocycles. The van der Waals surface area contributed by atoms with Crippen molar-refractivity contribution in [3.63, 3.8) is 0 Å². The van der Waals surface area contributed by atoms with Gasteiger partial charge in [-0.05, 0) is 12.8 Å². The van der Waals surface area contributed by atoms with Gasteiger partial charge in [0.05, 0.1) is 0 Å². The van der Waals surface area contributed by atoms with Gasteiger partial charge in [0.15, 0.2) is 5.82 Å². The minimum atomic E-state index is 0.619. The van der Waals surface area contributed by atoms with E-state index in [9.17, 15) is 0 Å². The third-order valence-corrected chi connectivity index (χ3v) is 3.83. The third kappa shape index (κ3) is 3.53. The molecule has 2 unspecified atom stereocenters.